The number of hydrogen-bond donors (Lipinski definition) is 1. The number of nitrogens with zero attached hydrogens (tertiary/aromatic N) is 2. The number of benzene rings is 1. The molecule has 0 amide bonds. The van der Waals surface area contributed by atoms with Gasteiger partial charge < -0.3 is 14.9 Å². The summed E-state index contributed by atoms with van der Waals surface area (Å²) in [5, 5.41) is 9.02. The molecular formula is C15H22N2O2. The number of aryl methyl sites for hydroxylation is 1. The maximum absolute atomic E-state index is 11.0. The summed E-state index contributed by atoms with van der Waals surface area (Å²) in [4.78, 5) is 15.7. The van der Waals surface area contributed by atoms with E-state index in [2.05, 4.69) is 16.8 Å². The smallest absolute Gasteiger partial charge is 0.335 e. The van der Waals surface area contributed by atoms with Crippen LogP contribution < -0.4 is 4.90 Å². The van der Waals surface area contributed by atoms with Crippen LogP contribution in [-0.2, 0) is 0 Å². The highest BCUT2D eigenvalue weighted by molar-refractivity contribution is 5.89. The zero-order valence-corrected chi connectivity index (χ0v) is 11.7. The van der Waals surface area contributed by atoms with Crippen molar-refractivity contribution < 1.29 is 9.90 Å². The van der Waals surface area contributed by atoms with E-state index in [0.29, 0.717) is 5.56 Å². The highest BCUT2D eigenvalue weighted by Crippen LogP contribution is 2.18. The number of likely N-dealkylation sites (tertiary alicyclic amines) is 1. The van der Waals surface area contributed by atoms with Crippen LogP contribution in [0.15, 0.2) is 18.2 Å². The van der Waals surface area contributed by atoms with E-state index in [-0.39, 0.29) is 0 Å². The minimum atomic E-state index is -0.858. The molecule has 0 aliphatic carbocycles. The highest BCUT2D eigenvalue weighted by atomic mass is 16.4. The largest absolute Gasteiger partial charge is 0.478 e. The standard InChI is InChI=1S/C15H22N2O2/c1-12-11-13(5-6-14(12)15(18)19)16(2)9-10-17-7-3-4-8-17/h5-6,11H,3-4,7-10H2,1-2H3,(H,18,19). The zero-order chi connectivity index (χ0) is 13.8. The van der Waals surface area contributed by atoms with Crippen molar-refractivity contribution in [1.29, 1.82) is 0 Å². The van der Waals surface area contributed by atoms with Crippen LogP contribution in [0.2, 0.25) is 0 Å². The number of carboxylic acids is 1. The molecule has 1 aliphatic rings. The quantitative estimate of drug-likeness (QED) is 0.883. The van der Waals surface area contributed by atoms with Gasteiger partial charge in [0.15, 0.2) is 0 Å². The van der Waals surface area contributed by atoms with Crippen LogP contribution >= 0.6 is 0 Å². The Kier molecular flexibility index (Phi) is 4.43. The summed E-state index contributed by atoms with van der Waals surface area (Å²) >= 11 is 0. The van der Waals surface area contributed by atoms with E-state index in [1.807, 2.05) is 19.1 Å². The molecule has 104 valence electrons. The molecule has 4 nitrogen and oxygen atoms in total. The molecule has 1 aliphatic heterocycles. The van der Waals surface area contributed by atoms with E-state index in [0.717, 1.165) is 24.3 Å². The molecule has 0 atom stereocenters. The first-order valence-corrected chi connectivity index (χ1v) is 6.85. The predicted molar refractivity (Wildman–Crippen MR) is 77.1 cm³/mol. The van der Waals surface area contributed by atoms with Gasteiger partial charge in [-0.2, -0.15) is 0 Å². The second kappa shape index (κ2) is 6.06. The number of carboxylic acid groups (broad SMARTS) is 1. The number of likely N-dealkylation sites (N-methyl/N-ethyl adjacent to an activating group) is 1. The van der Waals surface area contributed by atoms with Crippen LogP contribution in [0, 0.1) is 6.92 Å². The van der Waals surface area contributed by atoms with E-state index in [1.165, 1.54) is 25.9 Å². The molecule has 1 fully saturated rings. The van der Waals surface area contributed by atoms with Crippen LogP contribution in [0.25, 0.3) is 0 Å². The fourth-order valence-corrected chi connectivity index (χ4v) is 2.55. The van der Waals surface area contributed by atoms with Crippen molar-refractivity contribution in [1.82, 2.24) is 4.90 Å². The molecule has 4 heteroatoms. The van der Waals surface area contributed by atoms with Crippen molar-refractivity contribution >= 4 is 11.7 Å². The van der Waals surface area contributed by atoms with Crippen molar-refractivity contribution in [2.24, 2.45) is 0 Å². The molecule has 1 N–H and O–H groups in total. The second-order valence-corrected chi connectivity index (χ2v) is 5.27. The van der Waals surface area contributed by atoms with Crippen LogP contribution in [0.1, 0.15) is 28.8 Å². The van der Waals surface area contributed by atoms with Gasteiger partial charge in [-0.05, 0) is 56.6 Å². The van der Waals surface area contributed by atoms with Gasteiger partial charge in [-0.3, -0.25) is 0 Å². The average molecular weight is 262 g/mol. The van der Waals surface area contributed by atoms with Crippen LogP contribution in [0.4, 0.5) is 5.69 Å². The second-order valence-electron chi connectivity index (χ2n) is 5.27. The molecule has 0 aromatic heterocycles. The van der Waals surface area contributed by atoms with Gasteiger partial charge in [-0.1, -0.05) is 0 Å². The molecule has 2 rings (SSSR count). The predicted octanol–water partition coefficient (Wildman–Crippen LogP) is 2.23. The van der Waals surface area contributed by atoms with E-state index in [9.17, 15) is 4.79 Å². The maximum atomic E-state index is 11.0. The highest BCUT2D eigenvalue weighted by Gasteiger charge is 2.13. The summed E-state index contributed by atoms with van der Waals surface area (Å²) < 4.78 is 0. The zero-order valence-electron chi connectivity index (χ0n) is 11.7. The molecular weight excluding hydrogens is 240 g/mol. The number of hydrogen-bond acceptors (Lipinski definition) is 3. The van der Waals surface area contributed by atoms with Gasteiger partial charge in [-0.15, -0.1) is 0 Å². The number of rotatable bonds is 5. The summed E-state index contributed by atoms with van der Waals surface area (Å²) in [6.07, 6.45) is 2.63. The van der Waals surface area contributed by atoms with E-state index in [4.69, 9.17) is 5.11 Å². The maximum Gasteiger partial charge on any atom is 0.335 e. The fraction of sp³-hybridized carbons (Fsp3) is 0.533. The molecule has 0 unspecified atom stereocenters. The Hall–Kier alpha value is -1.55. The lowest BCUT2D eigenvalue weighted by atomic mass is 10.1. The minimum Gasteiger partial charge on any atom is -0.478 e. The summed E-state index contributed by atoms with van der Waals surface area (Å²) in [7, 11) is 2.06. The number of aromatic carboxylic acids is 1. The number of carbonyl (C=O) groups is 1. The Morgan fingerprint density at radius 1 is 1.37 bits per heavy atom. The topological polar surface area (TPSA) is 43.8 Å². The van der Waals surface area contributed by atoms with Crippen LogP contribution in [0.5, 0.6) is 0 Å². The first-order chi connectivity index (χ1) is 9.08. The third-order valence-electron chi connectivity index (χ3n) is 3.83. The van der Waals surface area contributed by atoms with Gasteiger partial charge in [0.2, 0.25) is 0 Å². The van der Waals surface area contributed by atoms with Crippen molar-refractivity contribution in [2.45, 2.75) is 19.8 Å². The Balaban J connectivity index is 1.96. The van der Waals surface area contributed by atoms with Crippen LogP contribution in [0.3, 0.4) is 0 Å². The molecule has 0 radical (unpaired) electrons. The SMILES string of the molecule is Cc1cc(N(C)CCN2CCCC2)ccc1C(=O)O. The fourth-order valence-electron chi connectivity index (χ4n) is 2.55. The molecule has 0 spiro atoms. The van der Waals surface area contributed by atoms with Crippen molar-refractivity contribution in [3.8, 4) is 0 Å². The van der Waals surface area contributed by atoms with Crippen molar-refractivity contribution in [3.05, 3.63) is 29.3 Å². The lowest BCUT2D eigenvalue weighted by molar-refractivity contribution is 0.0696. The summed E-state index contributed by atoms with van der Waals surface area (Å²) in [5.74, 6) is -0.858. The van der Waals surface area contributed by atoms with Gasteiger partial charge in [0.1, 0.15) is 0 Å². The average Bonchev–Trinajstić information content (AvgIpc) is 2.88. The molecule has 0 bridgehead atoms. The van der Waals surface area contributed by atoms with Gasteiger partial charge >= 0.3 is 5.97 Å². The Labute approximate surface area is 114 Å². The third kappa shape index (κ3) is 3.47. The first-order valence-electron chi connectivity index (χ1n) is 6.85. The summed E-state index contributed by atoms with van der Waals surface area (Å²) in [6.45, 7) is 6.33. The molecule has 19 heavy (non-hydrogen) atoms. The first kappa shape index (κ1) is 13.9. The van der Waals surface area contributed by atoms with E-state index < -0.39 is 5.97 Å². The Morgan fingerprint density at radius 3 is 2.63 bits per heavy atom. The van der Waals surface area contributed by atoms with E-state index in [1.54, 1.807) is 6.07 Å². The lowest BCUT2D eigenvalue weighted by Crippen LogP contribution is -2.31. The Bertz CT molecular complexity index is 453. The Morgan fingerprint density at radius 2 is 2.05 bits per heavy atom. The van der Waals surface area contributed by atoms with Gasteiger partial charge in [0.25, 0.3) is 0 Å². The summed E-state index contributed by atoms with van der Waals surface area (Å²) in [5.41, 5.74) is 2.29. The van der Waals surface area contributed by atoms with Crippen LogP contribution in [-0.4, -0.2) is 49.2 Å². The monoisotopic (exact) mass is 262 g/mol. The number of anilines is 1. The van der Waals surface area contributed by atoms with Gasteiger partial charge in [0, 0.05) is 25.8 Å². The van der Waals surface area contributed by atoms with Gasteiger partial charge in [0.05, 0.1) is 5.56 Å². The van der Waals surface area contributed by atoms with Crippen molar-refractivity contribution in [2.75, 3.05) is 38.1 Å². The lowest BCUT2D eigenvalue weighted by Gasteiger charge is -2.23. The molecule has 1 aromatic rings. The molecule has 1 heterocycles. The normalized spacial score (nSPS) is 15.7. The van der Waals surface area contributed by atoms with Gasteiger partial charge in [-0.25, -0.2) is 4.79 Å². The molecule has 0 saturated carbocycles. The van der Waals surface area contributed by atoms with E-state index >= 15 is 0 Å². The third-order valence-corrected chi connectivity index (χ3v) is 3.83. The molecule has 1 saturated heterocycles. The minimum absolute atomic E-state index is 0.386. The molecule has 1 aromatic carbocycles. The van der Waals surface area contributed by atoms with Crippen molar-refractivity contribution in [3.63, 3.8) is 0 Å². The summed E-state index contributed by atoms with van der Waals surface area (Å²) in [6, 6.07) is 5.53.